The molecule has 0 aromatic rings. The van der Waals surface area contributed by atoms with Crippen LogP contribution in [0.1, 0.15) is 6.42 Å². The lowest BCUT2D eigenvalue weighted by atomic mass is 10.2. The first-order valence-corrected chi connectivity index (χ1v) is 2.49. The molecular formula is C6H9NO2. The molecule has 9 heavy (non-hydrogen) atoms. The van der Waals surface area contributed by atoms with Gasteiger partial charge in [0, 0.05) is 6.42 Å². The van der Waals surface area contributed by atoms with E-state index in [1.165, 1.54) is 7.11 Å². The van der Waals surface area contributed by atoms with Crippen molar-refractivity contribution in [2.24, 2.45) is 5.73 Å². The van der Waals surface area contributed by atoms with Crippen LogP contribution in [-0.2, 0) is 9.53 Å². The zero-order valence-electron chi connectivity index (χ0n) is 5.26. The molecular weight excluding hydrogens is 118 g/mol. The van der Waals surface area contributed by atoms with Gasteiger partial charge < -0.3 is 10.5 Å². The standard InChI is InChI=1S/C6H9NO2/c1-3-4-5(7)6(8)9-2/h1,5H,4,7H2,2H3. The lowest BCUT2D eigenvalue weighted by molar-refractivity contribution is -0.142. The molecule has 0 radical (unpaired) electrons. The Labute approximate surface area is 54.2 Å². The highest BCUT2D eigenvalue weighted by Crippen LogP contribution is 1.87. The number of ether oxygens (including phenoxy) is 1. The Morgan fingerprint density at radius 2 is 2.56 bits per heavy atom. The van der Waals surface area contributed by atoms with Gasteiger partial charge in [0.05, 0.1) is 7.11 Å². The third kappa shape index (κ3) is 2.73. The summed E-state index contributed by atoms with van der Waals surface area (Å²) in [5.74, 6) is 1.79. The maximum absolute atomic E-state index is 10.5. The Morgan fingerprint density at radius 1 is 2.00 bits per heavy atom. The lowest BCUT2D eigenvalue weighted by Gasteiger charge is -2.02. The van der Waals surface area contributed by atoms with Crippen molar-refractivity contribution >= 4 is 5.97 Å². The Hall–Kier alpha value is -1.01. The van der Waals surface area contributed by atoms with Crippen molar-refractivity contribution in [3.05, 3.63) is 0 Å². The first-order valence-electron chi connectivity index (χ1n) is 2.49. The number of nitrogens with two attached hydrogens (primary N) is 1. The van der Waals surface area contributed by atoms with E-state index < -0.39 is 12.0 Å². The zero-order valence-corrected chi connectivity index (χ0v) is 5.26. The van der Waals surface area contributed by atoms with Crippen LogP contribution >= 0.6 is 0 Å². The van der Waals surface area contributed by atoms with Crippen molar-refractivity contribution in [3.63, 3.8) is 0 Å². The van der Waals surface area contributed by atoms with Gasteiger partial charge in [0.2, 0.25) is 0 Å². The molecule has 0 amide bonds. The number of rotatable bonds is 2. The molecule has 0 rings (SSSR count). The molecule has 0 bridgehead atoms. The van der Waals surface area contributed by atoms with E-state index in [9.17, 15) is 4.79 Å². The first kappa shape index (κ1) is 7.99. The van der Waals surface area contributed by atoms with E-state index in [4.69, 9.17) is 12.2 Å². The van der Waals surface area contributed by atoms with Gasteiger partial charge in [-0.15, -0.1) is 12.3 Å². The normalized spacial score (nSPS) is 11.7. The fourth-order valence-electron chi connectivity index (χ4n) is 0.362. The average molecular weight is 127 g/mol. The van der Waals surface area contributed by atoms with Crippen LogP contribution in [-0.4, -0.2) is 19.1 Å². The van der Waals surface area contributed by atoms with E-state index >= 15 is 0 Å². The van der Waals surface area contributed by atoms with Crippen LogP contribution in [0.5, 0.6) is 0 Å². The lowest BCUT2D eigenvalue weighted by Crippen LogP contribution is -2.30. The summed E-state index contributed by atoms with van der Waals surface area (Å²) in [4.78, 5) is 10.5. The molecule has 0 aromatic heterocycles. The fraction of sp³-hybridized carbons (Fsp3) is 0.500. The molecule has 1 atom stereocenters. The molecule has 0 saturated heterocycles. The van der Waals surface area contributed by atoms with E-state index in [1.807, 2.05) is 0 Å². The van der Waals surface area contributed by atoms with Crippen LogP contribution in [0.4, 0.5) is 0 Å². The van der Waals surface area contributed by atoms with Crippen molar-refractivity contribution in [2.45, 2.75) is 12.5 Å². The van der Waals surface area contributed by atoms with Crippen molar-refractivity contribution in [2.75, 3.05) is 7.11 Å². The van der Waals surface area contributed by atoms with E-state index in [0.717, 1.165) is 0 Å². The monoisotopic (exact) mass is 127 g/mol. The highest BCUT2D eigenvalue weighted by atomic mass is 16.5. The fourth-order valence-corrected chi connectivity index (χ4v) is 0.362. The van der Waals surface area contributed by atoms with Gasteiger partial charge in [-0.3, -0.25) is 4.79 Å². The number of hydrogen-bond acceptors (Lipinski definition) is 3. The predicted molar refractivity (Wildman–Crippen MR) is 33.4 cm³/mol. The predicted octanol–water partition coefficient (Wildman–Crippen LogP) is -0.490. The van der Waals surface area contributed by atoms with Crippen LogP contribution in [0.3, 0.4) is 0 Å². The zero-order chi connectivity index (χ0) is 7.28. The van der Waals surface area contributed by atoms with Gasteiger partial charge in [0.25, 0.3) is 0 Å². The molecule has 0 aliphatic carbocycles. The molecule has 50 valence electrons. The minimum Gasteiger partial charge on any atom is -0.468 e. The van der Waals surface area contributed by atoms with Gasteiger partial charge in [-0.25, -0.2) is 0 Å². The number of carbonyl (C=O) groups excluding carboxylic acids is 1. The highest BCUT2D eigenvalue weighted by Gasteiger charge is 2.10. The van der Waals surface area contributed by atoms with E-state index in [0.29, 0.717) is 0 Å². The third-order valence-electron chi connectivity index (χ3n) is 0.842. The van der Waals surface area contributed by atoms with Crippen molar-refractivity contribution in [1.82, 2.24) is 0 Å². The summed E-state index contributed by atoms with van der Waals surface area (Å²) in [6.07, 6.45) is 5.11. The van der Waals surface area contributed by atoms with Crippen molar-refractivity contribution < 1.29 is 9.53 Å². The summed E-state index contributed by atoms with van der Waals surface area (Å²) < 4.78 is 4.31. The number of terminal acetylenes is 1. The van der Waals surface area contributed by atoms with Gasteiger partial charge in [-0.2, -0.15) is 0 Å². The molecule has 2 N–H and O–H groups in total. The second kappa shape index (κ2) is 3.93. The molecule has 3 nitrogen and oxygen atoms in total. The van der Waals surface area contributed by atoms with Crippen LogP contribution < -0.4 is 5.73 Å². The smallest absolute Gasteiger partial charge is 0.323 e. The summed E-state index contributed by atoms with van der Waals surface area (Å²) in [5, 5.41) is 0. The van der Waals surface area contributed by atoms with Gasteiger partial charge in [-0.05, 0) is 0 Å². The molecule has 3 heteroatoms. The van der Waals surface area contributed by atoms with Crippen LogP contribution in [0, 0.1) is 12.3 Å². The number of methoxy groups -OCH3 is 1. The summed E-state index contributed by atoms with van der Waals surface area (Å²) in [5.41, 5.74) is 5.22. The van der Waals surface area contributed by atoms with Gasteiger partial charge in [0.15, 0.2) is 0 Å². The SMILES string of the molecule is C#CCC(N)C(=O)OC. The average Bonchev–Trinajstić information content (AvgIpc) is 1.87. The van der Waals surface area contributed by atoms with Gasteiger partial charge >= 0.3 is 5.97 Å². The Bertz CT molecular complexity index is 136. The van der Waals surface area contributed by atoms with Crippen molar-refractivity contribution in [3.8, 4) is 12.3 Å². The summed E-state index contributed by atoms with van der Waals surface area (Å²) in [6.45, 7) is 0. The van der Waals surface area contributed by atoms with Crippen LogP contribution in [0.25, 0.3) is 0 Å². The Kier molecular flexibility index (Phi) is 3.49. The van der Waals surface area contributed by atoms with Crippen LogP contribution in [0.2, 0.25) is 0 Å². The molecule has 0 heterocycles. The second-order valence-electron chi connectivity index (χ2n) is 1.54. The van der Waals surface area contributed by atoms with E-state index in [2.05, 4.69) is 10.7 Å². The minimum atomic E-state index is -0.667. The maximum atomic E-state index is 10.5. The van der Waals surface area contributed by atoms with E-state index in [1.54, 1.807) is 0 Å². The topological polar surface area (TPSA) is 52.3 Å². The molecule has 0 aliphatic rings. The summed E-state index contributed by atoms with van der Waals surface area (Å²) in [6, 6.07) is -0.667. The largest absolute Gasteiger partial charge is 0.468 e. The molecule has 0 aliphatic heterocycles. The van der Waals surface area contributed by atoms with Crippen LogP contribution in [0.15, 0.2) is 0 Å². The van der Waals surface area contributed by atoms with E-state index in [-0.39, 0.29) is 6.42 Å². The van der Waals surface area contributed by atoms with Gasteiger partial charge in [-0.1, -0.05) is 0 Å². The highest BCUT2D eigenvalue weighted by molar-refractivity contribution is 5.75. The Morgan fingerprint density at radius 3 is 2.89 bits per heavy atom. The number of hydrogen-bond donors (Lipinski definition) is 1. The first-order chi connectivity index (χ1) is 4.22. The summed E-state index contributed by atoms with van der Waals surface area (Å²) >= 11 is 0. The number of esters is 1. The molecule has 0 spiro atoms. The second-order valence-corrected chi connectivity index (χ2v) is 1.54. The third-order valence-corrected chi connectivity index (χ3v) is 0.842. The molecule has 0 saturated carbocycles. The number of carbonyl (C=O) groups is 1. The Balaban J connectivity index is 3.62. The quantitative estimate of drug-likeness (QED) is 0.402. The minimum absolute atomic E-state index is 0.229. The van der Waals surface area contributed by atoms with Gasteiger partial charge in [0.1, 0.15) is 6.04 Å². The summed E-state index contributed by atoms with van der Waals surface area (Å²) in [7, 11) is 1.28. The molecule has 1 unspecified atom stereocenters. The molecule has 0 fully saturated rings. The molecule has 0 aromatic carbocycles. The maximum Gasteiger partial charge on any atom is 0.323 e. The van der Waals surface area contributed by atoms with Crippen molar-refractivity contribution in [1.29, 1.82) is 0 Å².